The molecule has 0 aromatic rings. The van der Waals surface area contributed by atoms with Gasteiger partial charge < -0.3 is 22.9 Å². The van der Waals surface area contributed by atoms with E-state index in [1.165, 1.54) is 0 Å². The fourth-order valence-corrected chi connectivity index (χ4v) is 1.43. The molecule has 88 valence electrons. The molecule has 0 aliphatic heterocycles. The molecule has 0 saturated heterocycles. The molecular weight excluding hydrogens is 192 g/mol. The molecule has 0 aromatic heterocycles. The van der Waals surface area contributed by atoms with Gasteiger partial charge in [0.2, 0.25) is 0 Å². The highest BCUT2D eigenvalue weighted by atomic mass is 14.9. The minimum Gasteiger partial charge on any atom is -0.387 e. The predicted molar refractivity (Wildman–Crippen MR) is 62.8 cm³/mol. The Morgan fingerprint density at radius 2 is 1.60 bits per heavy atom. The highest BCUT2D eigenvalue weighted by Crippen LogP contribution is 2.12. The van der Waals surface area contributed by atoms with Gasteiger partial charge in [0.15, 0.2) is 0 Å². The zero-order chi connectivity index (χ0) is 11.8. The molecule has 0 bridgehead atoms. The molecule has 0 aromatic carbocycles. The number of nitrogens with two attached hydrogens (primary N) is 4. The lowest BCUT2D eigenvalue weighted by atomic mass is 9.92. The van der Waals surface area contributed by atoms with E-state index in [1.807, 2.05) is 0 Å². The Bertz CT molecular complexity index is 215. The Balaban J connectivity index is 4.05. The summed E-state index contributed by atoms with van der Waals surface area (Å²) in [6, 6.07) is -0.639. The SMILES string of the molecule is N=C(N)C(N)C(CCCCCN)C(=N)N. The second-order valence-electron chi connectivity index (χ2n) is 3.68. The fourth-order valence-electron chi connectivity index (χ4n) is 1.43. The van der Waals surface area contributed by atoms with Gasteiger partial charge in [-0.05, 0) is 19.4 Å². The van der Waals surface area contributed by atoms with Crippen LogP contribution in [0.2, 0.25) is 0 Å². The molecule has 2 atom stereocenters. The number of unbranched alkanes of at least 4 members (excludes halogenated alkanes) is 2. The molecule has 0 spiro atoms. The molecule has 0 saturated carbocycles. The average molecular weight is 214 g/mol. The summed E-state index contributed by atoms with van der Waals surface area (Å²) >= 11 is 0. The van der Waals surface area contributed by atoms with Crippen molar-refractivity contribution in [2.45, 2.75) is 31.7 Å². The van der Waals surface area contributed by atoms with Crippen LogP contribution in [0, 0.1) is 16.7 Å². The van der Waals surface area contributed by atoms with Crippen LogP contribution in [0.5, 0.6) is 0 Å². The van der Waals surface area contributed by atoms with Gasteiger partial charge in [0.1, 0.15) is 5.84 Å². The van der Waals surface area contributed by atoms with Gasteiger partial charge in [0, 0.05) is 5.92 Å². The minimum absolute atomic E-state index is 0.00504. The first-order chi connectivity index (χ1) is 7.00. The van der Waals surface area contributed by atoms with E-state index in [1.54, 1.807) is 0 Å². The van der Waals surface area contributed by atoms with Crippen molar-refractivity contribution in [1.29, 1.82) is 10.8 Å². The first-order valence-corrected chi connectivity index (χ1v) is 5.14. The third-order valence-electron chi connectivity index (χ3n) is 2.41. The Morgan fingerprint density at radius 3 is 2.00 bits per heavy atom. The summed E-state index contributed by atoms with van der Waals surface area (Å²) in [6.45, 7) is 0.670. The summed E-state index contributed by atoms with van der Waals surface area (Å²) in [7, 11) is 0. The maximum atomic E-state index is 7.38. The molecule has 0 heterocycles. The Hall–Kier alpha value is -1.14. The van der Waals surface area contributed by atoms with Crippen molar-refractivity contribution in [3.8, 4) is 0 Å². The van der Waals surface area contributed by atoms with E-state index in [0.29, 0.717) is 13.0 Å². The first-order valence-electron chi connectivity index (χ1n) is 5.14. The van der Waals surface area contributed by atoms with E-state index in [9.17, 15) is 0 Å². The molecule has 10 N–H and O–H groups in total. The second-order valence-corrected chi connectivity index (χ2v) is 3.68. The zero-order valence-corrected chi connectivity index (χ0v) is 9.00. The van der Waals surface area contributed by atoms with Crippen LogP contribution in [0.15, 0.2) is 0 Å². The number of rotatable bonds is 8. The van der Waals surface area contributed by atoms with Crippen LogP contribution in [0.4, 0.5) is 0 Å². The lowest BCUT2D eigenvalue weighted by Crippen LogP contribution is -2.47. The molecule has 0 aliphatic rings. The van der Waals surface area contributed by atoms with Gasteiger partial charge in [-0.3, -0.25) is 10.8 Å². The molecule has 15 heavy (non-hydrogen) atoms. The number of hydrogen-bond acceptors (Lipinski definition) is 4. The molecule has 0 radical (unpaired) electrons. The maximum absolute atomic E-state index is 7.38. The topological polar surface area (TPSA) is 152 Å². The van der Waals surface area contributed by atoms with E-state index < -0.39 is 6.04 Å². The third-order valence-corrected chi connectivity index (χ3v) is 2.41. The predicted octanol–water partition coefficient (Wildman–Crippen LogP) is -0.679. The standard InChI is InChI=1S/C9H22N6/c10-5-3-1-2-4-6(8(12)13)7(11)9(14)15/h6-7H,1-5,10-11H2,(H3,12,13)(H3,14,15). The Kier molecular flexibility index (Phi) is 6.64. The highest BCUT2D eigenvalue weighted by Gasteiger charge is 2.22. The molecule has 2 unspecified atom stereocenters. The molecular formula is C9H22N6. The van der Waals surface area contributed by atoms with Gasteiger partial charge in [-0.15, -0.1) is 0 Å². The van der Waals surface area contributed by atoms with Gasteiger partial charge >= 0.3 is 0 Å². The zero-order valence-electron chi connectivity index (χ0n) is 9.00. The van der Waals surface area contributed by atoms with Gasteiger partial charge in [0.05, 0.1) is 11.9 Å². The van der Waals surface area contributed by atoms with Crippen LogP contribution in [0.25, 0.3) is 0 Å². The van der Waals surface area contributed by atoms with Crippen molar-refractivity contribution in [2.75, 3.05) is 6.54 Å². The molecule has 0 amide bonds. The molecule has 6 nitrogen and oxygen atoms in total. The smallest absolute Gasteiger partial charge is 0.109 e. The molecule has 6 heteroatoms. The monoisotopic (exact) mass is 214 g/mol. The van der Waals surface area contributed by atoms with Crippen molar-refractivity contribution in [2.24, 2.45) is 28.9 Å². The largest absolute Gasteiger partial charge is 0.387 e. The third kappa shape index (κ3) is 5.34. The lowest BCUT2D eigenvalue weighted by molar-refractivity contribution is 0.524. The van der Waals surface area contributed by atoms with E-state index in [-0.39, 0.29) is 17.6 Å². The summed E-state index contributed by atoms with van der Waals surface area (Å²) in [5.74, 6) is -0.431. The maximum Gasteiger partial charge on any atom is 0.109 e. The van der Waals surface area contributed by atoms with Crippen LogP contribution in [-0.2, 0) is 0 Å². The average Bonchev–Trinajstić information content (AvgIpc) is 2.16. The molecule has 0 aliphatic carbocycles. The van der Waals surface area contributed by atoms with Crippen molar-refractivity contribution in [3.63, 3.8) is 0 Å². The van der Waals surface area contributed by atoms with Crippen LogP contribution in [0.1, 0.15) is 25.7 Å². The van der Waals surface area contributed by atoms with Crippen LogP contribution in [-0.4, -0.2) is 24.3 Å². The van der Waals surface area contributed by atoms with E-state index >= 15 is 0 Å². The Morgan fingerprint density at radius 1 is 1.00 bits per heavy atom. The second kappa shape index (κ2) is 7.19. The van der Waals surface area contributed by atoms with E-state index in [4.69, 9.17) is 33.8 Å². The van der Waals surface area contributed by atoms with Crippen molar-refractivity contribution in [3.05, 3.63) is 0 Å². The summed E-state index contributed by atoms with van der Waals surface area (Å²) in [4.78, 5) is 0. The lowest BCUT2D eigenvalue weighted by Gasteiger charge is -2.21. The summed E-state index contributed by atoms with van der Waals surface area (Å²) in [5.41, 5.74) is 21.8. The van der Waals surface area contributed by atoms with Crippen molar-refractivity contribution in [1.82, 2.24) is 0 Å². The van der Waals surface area contributed by atoms with Crippen LogP contribution < -0.4 is 22.9 Å². The van der Waals surface area contributed by atoms with E-state index in [2.05, 4.69) is 0 Å². The quantitative estimate of drug-likeness (QED) is 0.180. The van der Waals surface area contributed by atoms with Gasteiger partial charge in [-0.1, -0.05) is 12.8 Å². The normalized spacial score (nSPS) is 14.5. The van der Waals surface area contributed by atoms with Crippen LogP contribution in [0.3, 0.4) is 0 Å². The highest BCUT2D eigenvalue weighted by molar-refractivity contribution is 5.90. The minimum atomic E-state index is -0.639. The summed E-state index contributed by atoms with van der Waals surface area (Å²) in [5, 5.41) is 14.6. The fraction of sp³-hybridized carbons (Fsp3) is 0.778. The van der Waals surface area contributed by atoms with Crippen LogP contribution >= 0.6 is 0 Å². The first kappa shape index (κ1) is 13.9. The van der Waals surface area contributed by atoms with Gasteiger partial charge in [-0.25, -0.2) is 0 Å². The van der Waals surface area contributed by atoms with Gasteiger partial charge in [-0.2, -0.15) is 0 Å². The van der Waals surface area contributed by atoms with E-state index in [0.717, 1.165) is 19.3 Å². The number of nitrogens with one attached hydrogen (secondary N) is 2. The summed E-state index contributed by atoms with van der Waals surface area (Å²) in [6.07, 6.45) is 3.54. The van der Waals surface area contributed by atoms with Crippen molar-refractivity contribution < 1.29 is 0 Å². The molecule has 0 rings (SSSR count). The number of hydrogen-bond donors (Lipinski definition) is 6. The number of amidine groups is 2. The molecule has 0 fully saturated rings. The summed E-state index contributed by atoms with van der Waals surface area (Å²) < 4.78 is 0. The van der Waals surface area contributed by atoms with Crippen molar-refractivity contribution >= 4 is 11.7 Å². The Labute approximate surface area is 90.4 Å². The van der Waals surface area contributed by atoms with Gasteiger partial charge in [0.25, 0.3) is 0 Å².